The summed E-state index contributed by atoms with van der Waals surface area (Å²) in [5.41, 5.74) is 2.99. The number of pyridine rings is 1. The maximum Gasteiger partial charge on any atom is 0.259 e. The summed E-state index contributed by atoms with van der Waals surface area (Å²) in [5, 5.41) is 11.1. The van der Waals surface area contributed by atoms with E-state index in [0.29, 0.717) is 40.7 Å². The van der Waals surface area contributed by atoms with Crippen molar-refractivity contribution in [3.8, 4) is 11.3 Å². The van der Waals surface area contributed by atoms with Crippen molar-refractivity contribution in [2.45, 2.75) is 18.8 Å². The molecule has 0 bridgehead atoms. The van der Waals surface area contributed by atoms with Crippen molar-refractivity contribution in [3.63, 3.8) is 0 Å². The molecular formula is C20H19FN4O2. The fourth-order valence-electron chi connectivity index (χ4n) is 3.38. The lowest BCUT2D eigenvalue weighted by atomic mass is 10.0. The van der Waals surface area contributed by atoms with Gasteiger partial charge in [0.25, 0.3) is 11.6 Å². The molecule has 7 heteroatoms. The number of benzene rings is 1. The van der Waals surface area contributed by atoms with Gasteiger partial charge in [0.1, 0.15) is 5.82 Å². The van der Waals surface area contributed by atoms with E-state index in [1.54, 1.807) is 18.2 Å². The smallest absolute Gasteiger partial charge is 0.259 e. The zero-order valence-electron chi connectivity index (χ0n) is 14.7. The summed E-state index contributed by atoms with van der Waals surface area (Å²) in [5.74, 6) is 0.339. The molecule has 0 spiro atoms. The van der Waals surface area contributed by atoms with Crippen LogP contribution in [0.1, 0.15) is 34.8 Å². The van der Waals surface area contributed by atoms with Crippen molar-refractivity contribution < 1.29 is 13.7 Å². The highest BCUT2D eigenvalue weighted by Crippen LogP contribution is 2.43. The van der Waals surface area contributed by atoms with Crippen LogP contribution in [0.4, 0.5) is 4.39 Å². The fraction of sp³-hybridized carbons (Fsp3) is 0.350. The molecule has 0 atom stereocenters. The molecule has 3 aromatic rings. The van der Waals surface area contributed by atoms with E-state index < -0.39 is 0 Å². The minimum absolute atomic E-state index is 0.150. The Morgan fingerprint density at radius 3 is 2.70 bits per heavy atom. The monoisotopic (exact) mass is 366 g/mol. The van der Waals surface area contributed by atoms with Crippen molar-refractivity contribution in [3.05, 3.63) is 47.4 Å². The molecule has 2 N–H and O–H groups in total. The Morgan fingerprint density at radius 1 is 1.26 bits per heavy atom. The van der Waals surface area contributed by atoms with E-state index in [9.17, 15) is 9.18 Å². The molecule has 1 saturated heterocycles. The van der Waals surface area contributed by atoms with E-state index in [1.165, 1.54) is 12.1 Å². The molecule has 27 heavy (non-hydrogen) atoms. The van der Waals surface area contributed by atoms with Gasteiger partial charge in [-0.15, -0.1) is 0 Å². The molecule has 0 radical (unpaired) electrons. The minimum atomic E-state index is -0.317. The van der Waals surface area contributed by atoms with Gasteiger partial charge in [0, 0.05) is 37.0 Å². The third-order valence-corrected chi connectivity index (χ3v) is 5.24. The van der Waals surface area contributed by atoms with Crippen LogP contribution in [0, 0.1) is 11.7 Å². The Kier molecular flexibility index (Phi) is 3.89. The van der Waals surface area contributed by atoms with Gasteiger partial charge in [0.2, 0.25) is 0 Å². The van der Waals surface area contributed by atoms with E-state index in [2.05, 4.69) is 20.8 Å². The third-order valence-electron chi connectivity index (χ3n) is 5.24. The van der Waals surface area contributed by atoms with Crippen LogP contribution < -0.4 is 10.6 Å². The third kappa shape index (κ3) is 3.08. The predicted molar refractivity (Wildman–Crippen MR) is 97.9 cm³/mol. The number of carbonyl (C=O) groups is 1. The number of aromatic nitrogens is 2. The highest BCUT2D eigenvalue weighted by molar-refractivity contribution is 6.07. The van der Waals surface area contributed by atoms with E-state index in [-0.39, 0.29) is 11.7 Å². The van der Waals surface area contributed by atoms with Crippen molar-refractivity contribution in [1.29, 1.82) is 0 Å². The number of nitrogens with one attached hydrogen (secondary N) is 2. The first-order valence-electron chi connectivity index (χ1n) is 9.24. The van der Waals surface area contributed by atoms with Gasteiger partial charge < -0.3 is 15.2 Å². The summed E-state index contributed by atoms with van der Waals surface area (Å²) in [6, 6.07) is 7.79. The number of fused-ring (bicyclic) bond motifs is 1. The minimum Gasteiger partial charge on any atom is -0.352 e. The summed E-state index contributed by atoms with van der Waals surface area (Å²) >= 11 is 0. The molecule has 5 rings (SSSR count). The summed E-state index contributed by atoms with van der Waals surface area (Å²) in [6.45, 7) is 2.48. The van der Waals surface area contributed by atoms with Gasteiger partial charge in [-0.1, -0.05) is 5.16 Å². The van der Waals surface area contributed by atoms with Crippen LogP contribution in [0.5, 0.6) is 0 Å². The largest absolute Gasteiger partial charge is 0.352 e. The van der Waals surface area contributed by atoms with Gasteiger partial charge in [-0.3, -0.25) is 4.79 Å². The second kappa shape index (κ2) is 6.42. The Balaban J connectivity index is 1.57. The highest BCUT2D eigenvalue weighted by atomic mass is 19.1. The highest BCUT2D eigenvalue weighted by Gasteiger charge is 2.32. The van der Waals surface area contributed by atoms with Crippen LogP contribution in [0.25, 0.3) is 22.4 Å². The number of halogens is 1. The van der Waals surface area contributed by atoms with E-state index >= 15 is 0 Å². The Labute approximate surface area is 155 Å². The molecule has 0 unspecified atom stereocenters. The SMILES string of the molecule is O=C(NCC1CNC1)c1cc(-c2ccc(F)cc2)nc2onc(C3CC3)c12. The molecule has 1 saturated carbocycles. The Morgan fingerprint density at radius 2 is 2.04 bits per heavy atom. The van der Waals surface area contributed by atoms with Crippen molar-refractivity contribution in [1.82, 2.24) is 20.8 Å². The number of rotatable bonds is 5. The lowest BCUT2D eigenvalue weighted by Crippen LogP contribution is -2.48. The first-order valence-corrected chi connectivity index (χ1v) is 9.24. The molecule has 1 amide bonds. The molecule has 138 valence electrons. The van der Waals surface area contributed by atoms with Gasteiger partial charge in [-0.05, 0) is 43.2 Å². The van der Waals surface area contributed by atoms with Gasteiger partial charge in [-0.2, -0.15) is 0 Å². The standard InChI is InChI=1S/C20H19FN4O2/c21-14-5-3-12(4-6-14)16-7-15(19(26)23-10-11-8-22-9-11)17-18(13-1-2-13)25-27-20(17)24-16/h3-7,11,13,22H,1-2,8-10H2,(H,23,26). The Hall–Kier alpha value is -2.80. The molecule has 1 aliphatic carbocycles. The summed E-state index contributed by atoms with van der Waals surface area (Å²) in [4.78, 5) is 17.5. The maximum atomic E-state index is 13.3. The predicted octanol–water partition coefficient (Wildman–Crippen LogP) is 2.86. The summed E-state index contributed by atoms with van der Waals surface area (Å²) in [6.07, 6.45) is 2.10. The molecule has 1 aliphatic heterocycles. The van der Waals surface area contributed by atoms with Crippen LogP contribution in [-0.2, 0) is 0 Å². The molecule has 6 nitrogen and oxygen atoms in total. The fourth-order valence-corrected chi connectivity index (χ4v) is 3.38. The van der Waals surface area contributed by atoms with Gasteiger partial charge in [-0.25, -0.2) is 9.37 Å². The van der Waals surface area contributed by atoms with Crippen LogP contribution in [0.15, 0.2) is 34.9 Å². The van der Waals surface area contributed by atoms with Gasteiger partial charge >= 0.3 is 0 Å². The summed E-state index contributed by atoms with van der Waals surface area (Å²) < 4.78 is 18.7. The molecule has 2 aromatic heterocycles. The second-order valence-electron chi connectivity index (χ2n) is 7.32. The number of carbonyl (C=O) groups excluding carboxylic acids is 1. The summed E-state index contributed by atoms with van der Waals surface area (Å²) in [7, 11) is 0. The average Bonchev–Trinajstić information content (AvgIpc) is 3.39. The molecule has 1 aromatic carbocycles. The lowest BCUT2D eigenvalue weighted by molar-refractivity contribution is 0.0943. The number of hydrogen-bond acceptors (Lipinski definition) is 5. The van der Waals surface area contributed by atoms with Gasteiger partial charge in [0.15, 0.2) is 0 Å². The van der Waals surface area contributed by atoms with Crippen molar-refractivity contribution in [2.75, 3.05) is 19.6 Å². The quantitative estimate of drug-likeness (QED) is 0.726. The molecule has 2 aliphatic rings. The van der Waals surface area contributed by atoms with E-state index in [4.69, 9.17) is 4.52 Å². The zero-order chi connectivity index (χ0) is 18.4. The maximum absolute atomic E-state index is 13.3. The van der Waals surface area contributed by atoms with Crippen LogP contribution >= 0.6 is 0 Å². The Bertz CT molecular complexity index is 1010. The number of hydrogen-bond donors (Lipinski definition) is 2. The van der Waals surface area contributed by atoms with Crippen LogP contribution in [0.3, 0.4) is 0 Å². The number of amides is 1. The number of nitrogens with zero attached hydrogens (tertiary/aromatic N) is 2. The first kappa shape index (κ1) is 16.4. The van der Waals surface area contributed by atoms with E-state index in [0.717, 1.165) is 37.2 Å². The lowest BCUT2D eigenvalue weighted by Gasteiger charge is -2.27. The first-order chi connectivity index (χ1) is 13.2. The molecular weight excluding hydrogens is 347 g/mol. The topological polar surface area (TPSA) is 80.0 Å². The van der Waals surface area contributed by atoms with Crippen molar-refractivity contribution >= 4 is 17.0 Å². The normalized spacial score (nSPS) is 17.1. The van der Waals surface area contributed by atoms with Crippen LogP contribution in [0.2, 0.25) is 0 Å². The molecule has 2 fully saturated rings. The van der Waals surface area contributed by atoms with Gasteiger partial charge in [0.05, 0.1) is 22.3 Å². The van der Waals surface area contributed by atoms with E-state index in [1.807, 2.05) is 0 Å². The second-order valence-corrected chi connectivity index (χ2v) is 7.32. The molecule has 3 heterocycles. The average molecular weight is 366 g/mol. The van der Waals surface area contributed by atoms with Crippen LogP contribution in [-0.4, -0.2) is 35.7 Å². The zero-order valence-corrected chi connectivity index (χ0v) is 14.7. The van der Waals surface area contributed by atoms with Crippen molar-refractivity contribution in [2.24, 2.45) is 5.92 Å².